The topological polar surface area (TPSA) is 79.4 Å². The molecule has 3 amide bonds. The van der Waals surface area contributed by atoms with Gasteiger partial charge in [0.1, 0.15) is 6.04 Å². The van der Waals surface area contributed by atoms with E-state index < -0.39 is 6.04 Å². The van der Waals surface area contributed by atoms with E-state index >= 15 is 0 Å². The molecule has 0 unspecified atom stereocenters. The molecule has 6 nitrogen and oxygen atoms in total. The molecule has 5 atom stereocenters. The highest BCUT2D eigenvalue weighted by atomic mass is 16.2. The summed E-state index contributed by atoms with van der Waals surface area (Å²) < 4.78 is 0. The Bertz CT molecular complexity index is 959. The maximum absolute atomic E-state index is 13.3. The highest BCUT2D eigenvalue weighted by Gasteiger charge is 2.61. The molecule has 1 aliphatic heterocycles. The van der Waals surface area contributed by atoms with Crippen LogP contribution in [-0.2, 0) is 20.8 Å². The normalized spacial score (nSPS) is 27.9. The van der Waals surface area contributed by atoms with E-state index in [1.54, 1.807) is 24.5 Å². The van der Waals surface area contributed by atoms with Gasteiger partial charge in [-0.25, -0.2) is 0 Å². The Balaban J connectivity index is 1.46. The number of nitrogens with one attached hydrogen (secondary N) is 1. The molecule has 2 aliphatic carbocycles. The van der Waals surface area contributed by atoms with Crippen molar-refractivity contribution in [3.8, 4) is 0 Å². The molecule has 1 aromatic carbocycles. The van der Waals surface area contributed by atoms with Crippen LogP contribution in [0, 0.1) is 23.7 Å². The van der Waals surface area contributed by atoms with E-state index in [1.165, 1.54) is 4.90 Å². The zero-order chi connectivity index (χ0) is 20.0. The van der Waals surface area contributed by atoms with Crippen molar-refractivity contribution in [3.63, 3.8) is 0 Å². The largest absolute Gasteiger partial charge is 0.323 e. The van der Waals surface area contributed by atoms with E-state index in [1.807, 2.05) is 30.3 Å². The number of carbonyl (C=O) groups excluding carboxylic acids is 3. The van der Waals surface area contributed by atoms with Gasteiger partial charge in [-0.15, -0.1) is 0 Å². The molecule has 1 saturated carbocycles. The van der Waals surface area contributed by atoms with Gasteiger partial charge in [0.15, 0.2) is 0 Å². The second kappa shape index (κ2) is 6.95. The molecule has 0 spiro atoms. The molecule has 1 N–H and O–H groups in total. The van der Waals surface area contributed by atoms with Crippen molar-refractivity contribution in [1.29, 1.82) is 0 Å². The molecule has 2 heterocycles. The molecule has 0 radical (unpaired) electrons. The Kier molecular flexibility index (Phi) is 4.27. The van der Waals surface area contributed by atoms with Crippen LogP contribution in [0.5, 0.6) is 0 Å². The standard InChI is InChI=1S/C23H21N3O3/c27-21(25-17-7-4-10-24-13-17)18(11-14-5-2-1-3-6-14)26-22(28)19-15-8-9-16(12-15)20(19)23(26)29/h1-10,13,15-16,18-20H,11-12H2,(H,25,27)/t15-,16-,18-,19-,20+/m0/s1. The first-order valence-corrected chi connectivity index (χ1v) is 9.93. The number of allylic oxidation sites excluding steroid dienone is 2. The van der Waals surface area contributed by atoms with Crippen LogP contribution in [0.15, 0.2) is 67.0 Å². The predicted molar refractivity (Wildman–Crippen MR) is 106 cm³/mol. The zero-order valence-electron chi connectivity index (χ0n) is 15.8. The summed E-state index contributed by atoms with van der Waals surface area (Å²) in [5.74, 6) is -1.19. The van der Waals surface area contributed by atoms with E-state index in [0.29, 0.717) is 5.69 Å². The van der Waals surface area contributed by atoms with Gasteiger partial charge in [0.05, 0.1) is 23.7 Å². The van der Waals surface area contributed by atoms with Crippen LogP contribution in [0.3, 0.4) is 0 Å². The van der Waals surface area contributed by atoms with Crippen LogP contribution in [0.2, 0.25) is 0 Å². The lowest BCUT2D eigenvalue weighted by Gasteiger charge is -2.27. The molecule has 1 aromatic heterocycles. The van der Waals surface area contributed by atoms with Gasteiger partial charge >= 0.3 is 0 Å². The number of carbonyl (C=O) groups is 3. The summed E-state index contributed by atoms with van der Waals surface area (Å²) in [7, 11) is 0. The van der Waals surface area contributed by atoms with Crippen molar-refractivity contribution in [3.05, 3.63) is 72.6 Å². The molecule has 5 rings (SSSR count). The average Bonchev–Trinajstić information content (AvgIpc) is 3.42. The number of likely N-dealkylation sites (tertiary alicyclic amines) is 1. The lowest BCUT2D eigenvalue weighted by atomic mass is 9.85. The fraction of sp³-hybridized carbons (Fsp3) is 0.304. The average molecular weight is 387 g/mol. The molecule has 2 bridgehead atoms. The van der Waals surface area contributed by atoms with E-state index in [-0.39, 0.29) is 47.8 Å². The minimum Gasteiger partial charge on any atom is -0.323 e. The van der Waals surface area contributed by atoms with Crippen molar-refractivity contribution >= 4 is 23.4 Å². The van der Waals surface area contributed by atoms with E-state index in [4.69, 9.17) is 0 Å². The van der Waals surface area contributed by atoms with E-state index in [0.717, 1.165) is 12.0 Å². The Hall–Kier alpha value is -3.28. The van der Waals surface area contributed by atoms with Crippen molar-refractivity contribution in [1.82, 2.24) is 9.88 Å². The molecule has 6 heteroatoms. The highest BCUT2D eigenvalue weighted by Crippen LogP contribution is 2.53. The summed E-state index contributed by atoms with van der Waals surface area (Å²) in [6.45, 7) is 0. The number of benzene rings is 1. The van der Waals surface area contributed by atoms with Crippen molar-refractivity contribution in [2.24, 2.45) is 23.7 Å². The molecule has 146 valence electrons. The maximum atomic E-state index is 13.3. The Morgan fingerprint density at radius 3 is 2.34 bits per heavy atom. The van der Waals surface area contributed by atoms with Gasteiger partial charge in [0.25, 0.3) is 0 Å². The van der Waals surface area contributed by atoms with Crippen molar-refractivity contribution in [2.45, 2.75) is 18.9 Å². The second-order valence-electron chi connectivity index (χ2n) is 7.98. The number of hydrogen-bond donors (Lipinski definition) is 1. The number of rotatable bonds is 5. The minimum absolute atomic E-state index is 0.116. The lowest BCUT2D eigenvalue weighted by Crippen LogP contribution is -2.49. The fourth-order valence-corrected chi connectivity index (χ4v) is 5.03. The monoisotopic (exact) mass is 387 g/mol. The number of hydrogen-bond acceptors (Lipinski definition) is 4. The van der Waals surface area contributed by atoms with E-state index in [9.17, 15) is 14.4 Å². The summed E-state index contributed by atoms with van der Waals surface area (Å²) in [6, 6.07) is 12.0. The third-order valence-electron chi connectivity index (χ3n) is 6.32. The summed E-state index contributed by atoms with van der Waals surface area (Å²) in [4.78, 5) is 45.0. The third-order valence-corrected chi connectivity index (χ3v) is 6.32. The van der Waals surface area contributed by atoms with Gasteiger partial charge < -0.3 is 5.32 Å². The molecule has 29 heavy (non-hydrogen) atoms. The smallest absolute Gasteiger partial charge is 0.248 e. The van der Waals surface area contributed by atoms with Crippen LogP contribution in [0.4, 0.5) is 5.69 Å². The van der Waals surface area contributed by atoms with E-state index in [2.05, 4.69) is 22.5 Å². The molecule has 2 aromatic rings. The quantitative estimate of drug-likeness (QED) is 0.631. The Labute approximate surface area is 168 Å². The van der Waals surface area contributed by atoms with Gasteiger partial charge in [0.2, 0.25) is 17.7 Å². The lowest BCUT2D eigenvalue weighted by molar-refractivity contribution is -0.147. The summed E-state index contributed by atoms with van der Waals surface area (Å²) in [6.07, 6.45) is 8.43. The van der Waals surface area contributed by atoms with Crippen LogP contribution in [0.25, 0.3) is 0 Å². The Morgan fingerprint density at radius 1 is 1.03 bits per heavy atom. The number of anilines is 1. The molecular formula is C23H21N3O3. The highest BCUT2D eigenvalue weighted by molar-refractivity contribution is 6.10. The SMILES string of the molecule is O=C(Nc1cccnc1)[C@H](Cc1ccccc1)N1C(=O)[C@@H]2[C@H](C1=O)[C@H]1C=C[C@H]2C1. The first-order chi connectivity index (χ1) is 14.1. The summed E-state index contributed by atoms with van der Waals surface area (Å²) in [5, 5.41) is 2.82. The van der Waals surface area contributed by atoms with Crippen LogP contribution >= 0.6 is 0 Å². The van der Waals surface area contributed by atoms with Gasteiger partial charge in [-0.1, -0.05) is 42.5 Å². The second-order valence-corrected chi connectivity index (χ2v) is 7.98. The van der Waals surface area contributed by atoms with Crippen LogP contribution in [0.1, 0.15) is 12.0 Å². The van der Waals surface area contributed by atoms with Crippen LogP contribution < -0.4 is 5.32 Å². The Morgan fingerprint density at radius 2 is 1.72 bits per heavy atom. The number of aromatic nitrogens is 1. The number of amides is 3. The van der Waals surface area contributed by atoms with Crippen molar-refractivity contribution in [2.75, 3.05) is 5.32 Å². The minimum atomic E-state index is -0.886. The zero-order valence-corrected chi connectivity index (χ0v) is 15.8. The first-order valence-electron chi connectivity index (χ1n) is 9.93. The number of nitrogens with zero attached hydrogens (tertiary/aromatic N) is 2. The summed E-state index contributed by atoms with van der Waals surface area (Å²) in [5.41, 5.74) is 1.44. The summed E-state index contributed by atoms with van der Waals surface area (Å²) >= 11 is 0. The van der Waals surface area contributed by atoms with Gasteiger partial charge in [-0.05, 0) is 36.0 Å². The van der Waals surface area contributed by atoms with Gasteiger partial charge in [-0.2, -0.15) is 0 Å². The number of imide groups is 1. The predicted octanol–water partition coefficient (Wildman–Crippen LogP) is 2.44. The van der Waals surface area contributed by atoms with Crippen LogP contribution in [-0.4, -0.2) is 33.6 Å². The molecule has 2 fully saturated rings. The third kappa shape index (κ3) is 2.95. The molecular weight excluding hydrogens is 366 g/mol. The molecule has 1 saturated heterocycles. The fourth-order valence-electron chi connectivity index (χ4n) is 5.03. The van der Waals surface area contributed by atoms with Crippen molar-refractivity contribution < 1.29 is 14.4 Å². The number of fused-ring (bicyclic) bond motifs is 5. The first kappa shape index (κ1) is 17.8. The van der Waals surface area contributed by atoms with Gasteiger partial charge in [-0.3, -0.25) is 24.3 Å². The molecule has 3 aliphatic rings. The number of pyridine rings is 1. The van der Waals surface area contributed by atoms with Gasteiger partial charge in [0, 0.05) is 12.6 Å². The maximum Gasteiger partial charge on any atom is 0.248 e.